The highest BCUT2D eigenvalue weighted by molar-refractivity contribution is 14.0. The molecule has 3 rings (SSSR count). The molecule has 1 aliphatic heterocycles. The molecule has 1 aliphatic carbocycles. The second-order valence-electron chi connectivity index (χ2n) is 7.26. The molecule has 6 nitrogen and oxygen atoms in total. The molecule has 7 heteroatoms. The maximum atomic E-state index is 5.53. The van der Waals surface area contributed by atoms with Gasteiger partial charge >= 0.3 is 0 Å². The standard InChI is InChI=1S/C20H31N3O3.HI/c1-21-19(23-11-9-20(14-23)7-5-8-20)22-10-6-16-17(25-3)12-15(24-2)13-18(16)26-4;/h12-13H,5-11,14H2,1-4H3,(H,21,22);1H. The van der Waals surface area contributed by atoms with Crippen LogP contribution in [0.2, 0.25) is 0 Å². The maximum Gasteiger partial charge on any atom is 0.193 e. The summed E-state index contributed by atoms with van der Waals surface area (Å²) in [7, 11) is 6.85. The van der Waals surface area contributed by atoms with Crippen LogP contribution in [0.15, 0.2) is 17.1 Å². The van der Waals surface area contributed by atoms with Crippen molar-refractivity contribution < 1.29 is 14.2 Å². The Morgan fingerprint density at radius 3 is 2.22 bits per heavy atom. The number of hydrogen-bond acceptors (Lipinski definition) is 4. The van der Waals surface area contributed by atoms with Gasteiger partial charge in [0.1, 0.15) is 17.2 Å². The fourth-order valence-corrected chi connectivity index (χ4v) is 4.16. The molecule has 27 heavy (non-hydrogen) atoms. The first-order valence-electron chi connectivity index (χ1n) is 9.39. The average molecular weight is 489 g/mol. The lowest BCUT2D eigenvalue weighted by molar-refractivity contribution is 0.151. The van der Waals surface area contributed by atoms with Crippen molar-refractivity contribution in [3.8, 4) is 17.2 Å². The summed E-state index contributed by atoms with van der Waals surface area (Å²) in [6, 6.07) is 3.79. The van der Waals surface area contributed by atoms with E-state index in [-0.39, 0.29) is 24.0 Å². The Labute approximate surface area is 179 Å². The van der Waals surface area contributed by atoms with Crippen LogP contribution in [0, 0.1) is 5.41 Å². The van der Waals surface area contributed by atoms with E-state index in [0.29, 0.717) is 5.41 Å². The normalized spacial score (nSPS) is 17.9. The zero-order chi connectivity index (χ0) is 18.6. The lowest BCUT2D eigenvalue weighted by Crippen LogP contribution is -2.43. The highest BCUT2D eigenvalue weighted by Gasteiger charge is 2.43. The Hall–Kier alpha value is -1.38. The molecule has 0 radical (unpaired) electrons. The van der Waals surface area contributed by atoms with Gasteiger partial charge in [0, 0.05) is 44.4 Å². The minimum Gasteiger partial charge on any atom is -0.496 e. The predicted octanol–water partition coefficient (Wildman–Crippen LogP) is 3.32. The van der Waals surface area contributed by atoms with E-state index >= 15 is 0 Å². The number of benzene rings is 1. The van der Waals surface area contributed by atoms with E-state index in [1.165, 1.54) is 25.7 Å². The van der Waals surface area contributed by atoms with Crippen molar-refractivity contribution in [2.45, 2.75) is 32.1 Å². The summed E-state index contributed by atoms with van der Waals surface area (Å²) in [5, 5.41) is 3.51. The minimum atomic E-state index is 0. The Morgan fingerprint density at radius 2 is 1.78 bits per heavy atom. The fraction of sp³-hybridized carbons (Fsp3) is 0.650. The van der Waals surface area contributed by atoms with E-state index < -0.39 is 0 Å². The summed E-state index contributed by atoms with van der Waals surface area (Å²) in [6.45, 7) is 3.02. The molecule has 2 aliphatic rings. The molecule has 0 aromatic heterocycles. The second-order valence-corrected chi connectivity index (χ2v) is 7.26. The topological polar surface area (TPSA) is 55.3 Å². The van der Waals surface area contributed by atoms with Crippen LogP contribution in [0.3, 0.4) is 0 Å². The third kappa shape index (κ3) is 4.73. The molecule has 0 atom stereocenters. The van der Waals surface area contributed by atoms with Gasteiger partial charge in [-0.15, -0.1) is 24.0 Å². The molecular weight excluding hydrogens is 457 g/mol. The van der Waals surface area contributed by atoms with E-state index in [2.05, 4.69) is 15.2 Å². The predicted molar refractivity (Wildman–Crippen MR) is 119 cm³/mol. The van der Waals surface area contributed by atoms with E-state index in [4.69, 9.17) is 14.2 Å². The van der Waals surface area contributed by atoms with Crippen molar-refractivity contribution in [1.82, 2.24) is 10.2 Å². The third-order valence-electron chi connectivity index (χ3n) is 5.84. The van der Waals surface area contributed by atoms with Crippen LogP contribution < -0.4 is 19.5 Å². The van der Waals surface area contributed by atoms with Gasteiger partial charge in [0.05, 0.1) is 21.3 Å². The van der Waals surface area contributed by atoms with Crippen LogP contribution in [-0.4, -0.2) is 58.9 Å². The summed E-state index contributed by atoms with van der Waals surface area (Å²) >= 11 is 0. The summed E-state index contributed by atoms with van der Waals surface area (Å²) in [5.74, 6) is 3.30. The molecule has 2 fully saturated rings. The van der Waals surface area contributed by atoms with Gasteiger partial charge in [-0.05, 0) is 31.1 Å². The molecule has 1 saturated heterocycles. The number of halogens is 1. The van der Waals surface area contributed by atoms with Gasteiger partial charge in [-0.1, -0.05) is 6.42 Å². The van der Waals surface area contributed by atoms with Gasteiger partial charge in [-0.25, -0.2) is 0 Å². The van der Waals surface area contributed by atoms with Gasteiger partial charge in [0.2, 0.25) is 0 Å². The highest BCUT2D eigenvalue weighted by atomic mass is 127. The molecule has 0 unspecified atom stereocenters. The van der Waals surface area contributed by atoms with Gasteiger partial charge in [0.25, 0.3) is 0 Å². The van der Waals surface area contributed by atoms with E-state index in [1.807, 2.05) is 19.2 Å². The number of rotatable bonds is 6. The Kier molecular flexibility index (Phi) is 7.88. The quantitative estimate of drug-likeness (QED) is 0.378. The lowest BCUT2D eigenvalue weighted by atomic mass is 9.68. The Morgan fingerprint density at radius 1 is 1.11 bits per heavy atom. The first-order valence-corrected chi connectivity index (χ1v) is 9.39. The van der Waals surface area contributed by atoms with Crippen LogP contribution in [0.25, 0.3) is 0 Å². The zero-order valence-corrected chi connectivity index (χ0v) is 19.2. The molecule has 1 aromatic carbocycles. The average Bonchev–Trinajstić information content (AvgIpc) is 3.10. The number of hydrogen-bond donors (Lipinski definition) is 1. The van der Waals surface area contributed by atoms with E-state index in [1.54, 1.807) is 21.3 Å². The summed E-state index contributed by atoms with van der Waals surface area (Å²) < 4.78 is 16.4. The SMILES string of the molecule is CN=C(NCCc1c(OC)cc(OC)cc1OC)N1CCC2(CCC2)C1.I. The summed E-state index contributed by atoms with van der Waals surface area (Å²) in [5.41, 5.74) is 1.61. The third-order valence-corrected chi connectivity index (χ3v) is 5.84. The van der Waals surface area contributed by atoms with Crippen molar-refractivity contribution in [3.05, 3.63) is 17.7 Å². The van der Waals surface area contributed by atoms with Crippen molar-refractivity contribution in [1.29, 1.82) is 0 Å². The van der Waals surface area contributed by atoms with Crippen molar-refractivity contribution >= 4 is 29.9 Å². The Balaban J connectivity index is 0.00000261. The molecule has 1 aromatic rings. The summed E-state index contributed by atoms with van der Waals surface area (Å²) in [4.78, 5) is 6.89. The second kappa shape index (κ2) is 9.71. The molecule has 0 bridgehead atoms. The maximum absolute atomic E-state index is 5.53. The van der Waals surface area contributed by atoms with Gasteiger partial charge in [-0.2, -0.15) is 0 Å². The number of nitrogens with zero attached hydrogens (tertiary/aromatic N) is 2. The Bertz CT molecular complexity index is 637. The molecule has 1 saturated carbocycles. The number of nitrogens with one attached hydrogen (secondary N) is 1. The molecule has 152 valence electrons. The number of likely N-dealkylation sites (tertiary alicyclic amines) is 1. The summed E-state index contributed by atoms with van der Waals surface area (Å²) in [6.07, 6.45) is 6.22. The minimum absolute atomic E-state index is 0. The van der Waals surface area contributed by atoms with E-state index in [9.17, 15) is 0 Å². The number of aliphatic imine (C=N–C) groups is 1. The highest BCUT2D eigenvalue weighted by Crippen LogP contribution is 2.47. The van der Waals surface area contributed by atoms with Crippen molar-refractivity contribution in [2.24, 2.45) is 10.4 Å². The molecule has 1 N–H and O–H groups in total. The van der Waals surface area contributed by atoms with Crippen LogP contribution in [0.1, 0.15) is 31.2 Å². The number of ether oxygens (including phenoxy) is 3. The van der Waals surface area contributed by atoms with Crippen LogP contribution >= 0.6 is 24.0 Å². The molecule has 1 heterocycles. The first-order chi connectivity index (χ1) is 12.6. The smallest absolute Gasteiger partial charge is 0.193 e. The first kappa shape index (κ1) is 21.9. The molecule has 1 spiro atoms. The van der Waals surface area contributed by atoms with E-state index in [0.717, 1.165) is 54.8 Å². The van der Waals surface area contributed by atoms with Crippen LogP contribution in [0.5, 0.6) is 17.2 Å². The van der Waals surface area contributed by atoms with Crippen molar-refractivity contribution in [3.63, 3.8) is 0 Å². The fourth-order valence-electron chi connectivity index (χ4n) is 4.16. The largest absolute Gasteiger partial charge is 0.496 e. The van der Waals surface area contributed by atoms with Gasteiger partial charge < -0.3 is 24.4 Å². The monoisotopic (exact) mass is 489 g/mol. The van der Waals surface area contributed by atoms with Crippen LogP contribution in [0.4, 0.5) is 0 Å². The van der Waals surface area contributed by atoms with Crippen LogP contribution in [-0.2, 0) is 6.42 Å². The lowest BCUT2D eigenvalue weighted by Gasteiger charge is -2.38. The zero-order valence-electron chi connectivity index (χ0n) is 16.8. The molecular formula is C20H32IN3O3. The number of guanidine groups is 1. The van der Waals surface area contributed by atoms with Crippen molar-refractivity contribution in [2.75, 3.05) is 48.0 Å². The van der Waals surface area contributed by atoms with Gasteiger partial charge in [0.15, 0.2) is 5.96 Å². The number of methoxy groups -OCH3 is 3. The van der Waals surface area contributed by atoms with Gasteiger partial charge in [-0.3, -0.25) is 4.99 Å². The molecule has 0 amide bonds.